The number of carbonyl (C=O) groups excluding carboxylic acids is 2. The van der Waals surface area contributed by atoms with Crippen molar-refractivity contribution >= 4 is 17.5 Å². The maximum atomic E-state index is 13.4. The third-order valence-electron chi connectivity index (χ3n) is 6.74. The molecule has 1 heterocycles. The fourth-order valence-electron chi connectivity index (χ4n) is 4.98. The number of phenolic OH excluding ortho intramolecular Hbond substituents is 3. The van der Waals surface area contributed by atoms with Crippen LogP contribution in [0.25, 0.3) is 0 Å². The molecule has 5 unspecified atom stereocenters. The van der Waals surface area contributed by atoms with E-state index in [0.29, 0.717) is 0 Å². The second-order valence-electron chi connectivity index (χ2n) is 8.61. The van der Waals surface area contributed by atoms with Crippen molar-refractivity contribution in [1.29, 1.82) is 0 Å². The minimum atomic E-state index is -2.01. The number of aliphatic hydroxyl groups is 5. The predicted molar refractivity (Wildman–Crippen MR) is 111 cm³/mol. The van der Waals surface area contributed by atoms with Gasteiger partial charge in [0.05, 0.1) is 35.1 Å². The van der Waals surface area contributed by atoms with E-state index in [2.05, 4.69) is 0 Å². The number of carboxylic acid groups (broad SMARTS) is 1. The number of benzene rings is 1. The third kappa shape index (κ3) is 3.31. The van der Waals surface area contributed by atoms with Crippen LogP contribution in [-0.2, 0) is 9.53 Å². The zero-order valence-corrected chi connectivity index (χ0v) is 18.0. The van der Waals surface area contributed by atoms with Gasteiger partial charge in [0.25, 0.3) is 0 Å². The Morgan fingerprint density at radius 1 is 0.914 bits per heavy atom. The highest BCUT2D eigenvalue weighted by Crippen LogP contribution is 2.53. The lowest BCUT2D eigenvalue weighted by atomic mass is 9.66. The zero-order chi connectivity index (χ0) is 26.1. The molecule has 3 aliphatic rings. The summed E-state index contributed by atoms with van der Waals surface area (Å²) in [6.45, 7) is 0.356. The van der Waals surface area contributed by atoms with Gasteiger partial charge < -0.3 is 50.7 Å². The van der Waals surface area contributed by atoms with Crippen molar-refractivity contribution in [2.24, 2.45) is 11.8 Å². The lowest BCUT2D eigenvalue weighted by Gasteiger charge is -2.41. The van der Waals surface area contributed by atoms with E-state index in [1.807, 2.05) is 0 Å². The number of fused-ring (bicyclic) bond motifs is 2. The number of carboxylic acids is 1. The molecule has 0 bridgehead atoms. The molecule has 4 rings (SSSR count). The second kappa shape index (κ2) is 8.32. The van der Waals surface area contributed by atoms with Crippen LogP contribution in [0.3, 0.4) is 0 Å². The molecular formula is C22H22O13. The summed E-state index contributed by atoms with van der Waals surface area (Å²) in [4.78, 5) is 38.2. The monoisotopic (exact) mass is 494 g/mol. The van der Waals surface area contributed by atoms with Crippen LogP contribution >= 0.6 is 0 Å². The molecule has 0 radical (unpaired) electrons. The summed E-state index contributed by atoms with van der Waals surface area (Å²) >= 11 is 0. The first-order valence-electron chi connectivity index (χ1n) is 10.4. The number of aromatic hydroxyl groups is 3. The molecule has 9 N–H and O–H groups in total. The molecule has 0 amide bonds. The van der Waals surface area contributed by atoms with Crippen molar-refractivity contribution in [2.45, 2.75) is 37.4 Å². The van der Waals surface area contributed by atoms with Gasteiger partial charge in [-0.2, -0.15) is 0 Å². The topological polar surface area (TPSA) is 243 Å². The Morgan fingerprint density at radius 3 is 2.09 bits per heavy atom. The molecular weight excluding hydrogens is 472 g/mol. The molecule has 13 nitrogen and oxygen atoms in total. The lowest BCUT2D eigenvalue weighted by molar-refractivity contribution is -0.232. The van der Waals surface area contributed by atoms with Crippen LogP contribution < -0.4 is 0 Å². The molecule has 188 valence electrons. The van der Waals surface area contributed by atoms with Crippen LogP contribution in [0.5, 0.6) is 17.2 Å². The first-order chi connectivity index (χ1) is 16.3. The summed E-state index contributed by atoms with van der Waals surface area (Å²) in [6, 6.07) is 0. The Morgan fingerprint density at radius 2 is 1.51 bits per heavy atom. The summed E-state index contributed by atoms with van der Waals surface area (Å²) in [5.41, 5.74) is -3.19. The molecule has 35 heavy (non-hydrogen) atoms. The molecule has 1 aromatic rings. The molecule has 2 aliphatic carbocycles. The van der Waals surface area contributed by atoms with Gasteiger partial charge in [-0.05, 0) is 18.6 Å². The fraction of sp³-hybridized carbons (Fsp3) is 0.409. The molecule has 1 aliphatic heterocycles. The summed E-state index contributed by atoms with van der Waals surface area (Å²) in [6.07, 6.45) is -8.23. The number of ether oxygens (including phenoxy) is 1. The van der Waals surface area contributed by atoms with E-state index >= 15 is 0 Å². The van der Waals surface area contributed by atoms with Gasteiger partial charge in [0, 0.05) is 0 Å². The van der Waals surface area contributed by atoms with Crippen LogP contribution in [0.2, 0.25) is 0 Å². The van der Waals surface area contributed by atoms with Gasteiger partial charge >= 0.3 is 5.97 Å². The van der Waals surface area contributed by atoms with E-state index in [4.69, 9.17) is 4.74 Å². The fourth-order valence-corrected chi connectivity index (χ4v) is 4.98. The molecule has 1 saturated heterocycles. The Balaban J connectivity index is 1.94. The largest absolute Gasteiger partial charge is 0.507 e. The normalized spacial score (nSPS) is 32.7. The van der Waals surface area contributed by atoms with E-state index < -0.39 is 112 Å². The van der Waals surface area contributed by atoms with Gasteiger partial charge in [-0.25, -0.2) is 4.79 Å². The van der Waals surface area contributed by atoms with Crippen molar-refractivity contribution in [3.05, 3.63) is 39.7 Å². The average Bonchev–Trinajstić information content (AvgIpc) is 2.79. The molecule has 1 aromatic carbocycles. The van der Waals surface area contributed by atoms with E-state index in [-0.39, 0.29) is 5.57 Å². The highest BCUT2D eigenvalue weighted by atomic mass is 16.5. The van der Waals surface area contributed by atoms with Crippen LogP contribution in [0, 0.1) is 11.8 Å². The van der Waals surface area contributed by atoms with Gasteiger partial charge in [-0.15, -0.1) is 0 Å². The number of aliphatic hydroxyl groups excluding tert-OH is 5. The lowest BCUT2D eigenvalue weighted by Crippen LogP contribution is -2.55. The van der Waals surface area contributed by atoms with Gasteiger partial charge in [0.1, 0.15) is 47.6 Å². The highest BCUT2D eigenvalue weighted by molar-refractivity contribution is 6.21. The minimum Gasteiger partial charge on any atom is -0.507 e. The summed E-state index contributed by atoms with van der Waals surface area (Å²) in [5.74, 6) is -10.7. The number of rotatable bonds is 3. The summed E-state index contributed by atoms with van der Waals surface area (Å²) < 4.78 is 5.31. The number of carbonyl (C=O) groups is 3. The van der Waals surface area contributed by atoms with Gasteiger partial charge in [0.2, 0.25) is 0 Å². The first-order valence-corrected chi connectivity index (χ1v) is 10.4. The van der Waals surface area contributed by atoms with Crippen LogP contribution in [0.1, 0.15) is 39.3 Å². The summed E-state index contributed by atoms with van der Waals surface area (Å²) in [7, 11) is 0. The van der Waals surface area contributed by atoms with E-state index in [0.717, 1.165) is 6.08 Å². The van der Waals surface area contributed by atoms with Crippen molar-refractivity contribution in [2.75, 3.05) is 6.61 Å². The van der Waals surface area contributed by atoms with Crippen LogP contribution in [-0.4, -0.2) is 94.5 Å². The number of aliphatic carboxylic acids is 1. The molecule has 7 atom stereocenters. The molecule has 1 fully saturated rings. The number of ketones is 2. The van der Waals surface area contributed by atoms with E-state index in [1.54, 1.807) is 0 Å². The maximum absolute atomic E-state index is 13.4. The third-order valence-corrected chi connectivity index (χ3v) is 6.74. The molecule has 0 spiro atoms. The van der Waals surface area contributed by atoms with E-state index in [9.17, 15) is 60.3 Å². The van der Waals surface area contributed by atoms with Crippen molar-refractivity contribution < 1.29 is 65.1 Å². The second-order valence-corrected chi connectivity index (χ2v) is 8.61. The molecule has 0 aromatic heterocycles. The van der Waals surface area contributed by atoms with Gasteiger partial charge in [0.15, 0.2) is 23.1 Å². The first kappa shape index (κ1) is 24.6. The average molecular weight is 494 g/mol. The van der Waals surface area contributed by atoms with Crippen LogP contribution in [0.4, 0.5) is 0 Å². The Hall–Kier alpha value is -3.49. The number of hydrogen-bond acceptors (Lipinski definition) is 12. The van der Waals surface area contributed by atoms with Crippen molar-refractivity contribution in [3.63, 3.8) is 0 Å². The molecule has 0 saturated carbocycles. The van der Waals surface area contributed by atoms with Crippen LogP contribution in [0.15, 0.2) is 23.0 Å². The maximum Gasteiger partial charge on any atom is 0.339 e. The van der Waals surface area contributed by atoms with Gasteiger partial charge in [-0.3, -0.25) is 9.59 Å². The number of Topliss-reactive ketones (excluding diaryl/α,β-unsaturated/α-hetero) is 2. The SMILES string of the molecule is CC1=C(C(=O)O)C(O)=CC2C(=O)c3c(O)c(O)c([C@H]4O[C@H](CO)C(O)C(O)C4O)c(O)c3C(=O)C12. The Bertz CT molecular complexity index is 1210. The standard InChI is InChI=1S/C22H22O13/c1-4-8-5(2-6(24)9(4)22(33)34)13(25)10-11(15(8)27)16(28)12(18(30)17(10)29)21-20(32)19(31)14(26)7(3-23)35-21/h2,5,7-8,14,19-21,23-24,26,28-32H,3H2,1H3,(H,33,34)/t5?,7-,8?,14?,19?,20?,21-/m1/s1. The summed E-state index contributed by atoms with van der Waals surface area (Å²) in [5, 5.41) is 91.6. The number of allylic oxidation sites excluding steroid dienone is 2. The number of phenols is 3. The number of hydrogen-bond donors (Lipinski definition) is 9. The molecule has 13 heteroatoms. The minimum absolute atomic E-state index is 0.187. The van der Waals surface area contributed by atoms with Crippen molar-refractivity contribution in [3.8, 4) is 17.2 Å². The van der Waals surface area contributed by atoms with Gasteiger partial charge in [-0.1, -0.05) is 0 Å². The van der Waals surface area contributed by atoms with Crippen molar-refractivity contribution in [1.82, 2.24) is 0 Å². The highest BCUT2D eigenvalue weighted by Gasteiger charge is 2.52. The quantitative estimate of drug-likeness (QED) is 0.177. The Labute approximate surface area is 196 Å². The Kier molecular flexibility index (Phi) is 5.85. The predicted octanol–water partition coefficient (Wildman–Crippen LogP) is -1.21. The zero-order valence-electron chi connectivity index (χ0n) is 18.0. The van der Waals surface area contributed by atoms with E-state index in [1.165, 1.54) is 6.92 Å². The smallest absolute Gasteiger partial charge is 0.339 e.